The van der Waals surface area contributed by atoms with Crippen LogP contribution < -0.4 is 10.1 Å². The molecule has 0 spiro atoms. The molecule has 0 saturated carbocycles. The fourth-order valence-corrected chi connectivity index (χ4v) is 2.66. The van der Waals surface area contributed by atoms with Crippen molar-refractivity contribution < 1.29 is 27.5 Å². The fourth-order valence-electron chi connectivity index (χ4n) is 1.76. The number of anilines is 1. The van der Waals surface area contributed by atoms with Gasteiger partial charge in [0.2, 0.25) is 11.8 Å². The second-order valence-corrected chi connectivity index (χ2v) is 5.47. The van der Waals surface area contributed by atoms with Crippen LogP contribution in [-0.2, 0) is 9.59 Å². The number of nitrogens with zero attached hydrogens (tertiary/aromatic N) is 1. The van der Waals surface area contributed by atoms with Crippen molar-refractivity contribution in [3.05, 3.63) is 24.3 Å². The molecule has 0 aliphatic carbocycles. The van der Waals surface area contributed by atoms with Gasteiger partial charge < -0.3 is 15.0 Å². The van der Waals surface area contributed by atoms with E-state index >= 15 is 0 Å². The minimum absolute atomic E-state index is 0.0738. The summed E-state index contributed by atoms with van der Waals surface area (Å²) < 4.78 is 41.2. The lowest BCUT2D eigenvalue weighted by Gasteiger charge is -2.16. The number of carbonyl (C=O) groups excluding carboxylic acids is 2. The van der Waals surface area contributed by atoms with Crippen LogP contribution in [0.15, 0.2) is 24.3 Å². The molecular weight excluding hydrogens is 321 g/mol. The van der Waals surface area contributed by atoms with E-state index in [1.807, 2.05) is 0 Å². The van der Waals surface area contributed by atoms with Crippen molar-refractivity contribution in [1.29, 1.82) is 0 Å². The molecule has 1 aliphatic rings. The summed E-state index contributed by atoms with van der Waals surface area (Å²) in [7, 11) is 0. The molecule has 0 atom stereocenters. The van der Waals surface area contributed by atoms with Gasteiger partial charge in [-0.15, -0.1) is 11.8 Å². The van der Waals surface area contributed by atoms with E-state index in [2.05, 4.69) is 10.1 Å². The van der Waals surface area contributed by atoms with E-state index in [4.69, 9.17) is 0 Å². The van der Waals surface area contributed by atoms with Gasteiger partial charge in [0.1, 0.15) is 12.3 Å². The van der Waals surface area contributed by atoms with E-state index in [9.17, 15) is 22.8 Å². The molecule has 0 unspecified atom stereocenters. The van der Waals surface area contributed by atoms with Gasteiger partial charge in [-0.1, -0.05) is 12.1 Å². The van der Waals surface area contributed by atoms with Crippen LogP contribution in [0.1, 0.15) is 0 Å². The number of para-hydroxylation sites is 2. The molecule has 2 rings (SSSR count). The topological polar surface area (TPSA) is 58.6 Å². The Kier molecular flexibility index (Phi) is 5.17. The Balaban J connectivity index is 1.96. The van der Waals surface area contributed by atoms with Crippen molar-refractivity contribution in [2.45, 2.75) is 6.18 Å². The first-order valence-electron chi connectivity index (χ1n) is 6.29. The number of rotatable bonds is 5. The number of ether oxygens (including phenoxy) is 1. The number of carbonyl (C=O) groups is 2. The lowest BCUT2D eigenvalue weighted by Crippen LogP contribution is -2.34. The molecule has 9 heteroatoms. The number of halogens is 3. The average Bonchev–Trinajstić information content (AvgIpc) is 2.82. The Bertz CT molecular complexity index is 566. The largest absolute Gasteiger partial charge is 0.482 e. The summed E-state index contributed by atoms with van der Waals surface area (Å²) in [5, 5.41) is 2.46. The first-order chi connectivity index (χ1) is 10.3. The summed E-state index contributed by atoms with van der Waals surface area (Å²) in [6, 6.07) is 5.83. The lowest BCUT2D eigenvalue weighted by molar-refractivity contribution is -0.153. The van der Waals surface area contributed by atoms with Crippen molar-refractivity contribution in [2.24, 2.45) is 0 Å². The minimum atomic E-state index is -4.46. The van der Waals surface area contributed by atoms with Crippen LogP contribution in [0.5, 0.6) is 5.75 Å². The summed E-state index contributed by atoms with van der Waals surface area (Å²) in [6.07, 6.45) is -4.46. The van der Waals surface area contributed by atoms with Gasteiger partial charge in [0.15, 0.2) is 6.61 Å². The molecule has 1 fully saturated rings. The summed E-state index contributed by atoms with van der Waals surface area (Å²) in [5.41, 5.74) is 0.135. The second-order valence-electron chi connectivity index (χ2n) is 4.52. The highest BCUT2D eigenvalue weighted by Gasteiger charge is 2.29. The highest BCUT2D eigenvalue weighted by atomic mass is 32.2. The monoisotopic (exact) mass is 334 g/mol. The zero-order valence-electron chi connectivity index (χ0n) is 11.4. The van der Waals surface area contributed by atoms with Gasteiger partial charge in [0, 0.05) is 0 Å². The van der Waals surface area contributed by atoms with E-state index in [1.54, 1.807) is 6.07 Å². The molecule has 1 N–H and O–H groups in total. The van der Waals surface area contributed by atoms with Crippen molar-refractivity contribution >= 4 is 29.3 Å². The van der Waals surface area contributed by atoms with Gasteiger partial charge >= 0.3 is 6.18 Å². The van der Waals surface area contributed by atoms with Gasteiger partial charge in [-0.25, -0.2) is 0 Å². The normalized spacial score (nSPS) is 15.0. The zero-order chi connectivity index (χ0) is 16.2. The van der Waals surface area contributed by atoms with Crippen LogP contribution in [0.4, 0.5) is 18.9 Å². The minimum Gasteiger partial charge on any atom is -0.482 e. The first kappa shape index (κ1) is 16.5. The van der Waals surface area contributed by atoms with Crippen LogP contribution in [0, 0.1) is 0 Å². The molecule has 1 aliphatic heterocycles. The number of hydrogen-bond donors (Lipinski definition) is 1. The Morgan fingerprint density at radius 2 is 2.09 bits per heavy atom. The van der Waals surface area contributed by atoms with Crippen molar-refractivity contribution in [1.82, 2.24) is 4.90 Å². The summed E-state index contributed by atoms with van der Waals surface area (Å²) in [6.45, 7) is -1.58. The van der Waals surface area contributed by atoms with Crippen molar-refractivity contribution in [2.75, 3.05) is 30.1 Å². The van der Waals surface area contributed by atoms with Crippen LogP contribution in [0.2, 0.25) is 0 Å². The number of alkyl halides is 3. The molecule has 0 bridgehead atoms. The molecule has 120 valence electrons. The fraction of sp³-hybridized carbons (Fsp3) is 0.385. The maximum absolute atomic E-state index is 12.2. The van der Waals surface area contributed by atoms with E-state index in [0.29, 0.717) is 11.6 Å². The molecule has 0 radical (unpaired) electrons. The number of nitrogens with one attached hydrogen (secondary N) is 1. The van der Waals surface area contributed by atoms with E-state index in [-0.39, 0.29) is 23.9 Å². The van der Waals surface area contributed by atoms with Crippen LogP contribution in [0.25, 0.3) is 0 Å². The number of benzene rings is 1. The SMILES string of the molecule is O=C(CN1CSCC1=O)Nc1ccccc1OCC(F)(F)F. The third-order valence-corrected chi connectivity index (χ3v) is 3.66. The van der Waals surface area contributed by atoms with Gasteiger partial charge in [0.05, 0.1) is 17.3 Å². The van der Waals surface area contributed by atoms with E-state index in [1.165, 1.54) is 34.9 Å². The number of thioether (sulfide) groups is 1. The Morgan fingerprint density at radius 3 is 2.73 bits per heavy atom. The summed E-state index contributed by atoms with van der Waals surface area (Å²) >= 11 is 1.40. The summed E-state index contributed by atoms with van der Waals surface area (Å²) in [5.74, 6) is 0.0628. The Hall–Kier alpha value is -1.90. The van der Waals surface area contributed by atoms with Crippen molar-refractivity contribution in [3.8, 4) is 5.75 Å². The van der Waals surface area contributed by atoms with Crippen molar-refractivity contribution in [3.63, 3.8) is 0 Å². The maximum Gasteiger partial charge on any atom is 0.422 e. The van der Waals surface area contributed by atoms with Gasteiger partial charge in [0.25, 0.3) is 0 Å². The number of amides is 2. The van der Waals surface area contributed by atoms with Crippen LogP contribution in [-0.4, -0.2) is 47.7 Å². The highest BCUT2D eigenvalue weighted by molar-refractivity contribution is 8.00. The third-order valence-electron chi connectivity index (χ3n) is 2.71. The molecule has 22 heavy (non-hydrogen) atoms. The van der Waals surface area contributed by atoms with Crippen LogP contribution >= 0.6 is 11.8 Å². The van der Waals surface area contributed by atoms with Gasteiger partial charge in [-0.2, -0.15) is 13.2 Å². The zero-order valence-corrected chi connectivity index (χ0v) is 12.2. The Labute approximate surface area is 128 Å². The quantitative estimate of drug-likeness (QED) is 0.896. The highest BCUT2D eigenvalue weighted by Crippen LogP contribution is 2.26. The molecular formula is C13H13F3N2O3S. The van der Waals surface area contributed by atoms with Gasteiger partial charge in [-0.05, 0) is 12.1 Å². The summed E-state index contributed by atoms with van der Waals surface area (Å²) in [4.78, 5) is 24.7. The second kappa shape index (κ2) is 6.91. The van der Waals surface area contributed by atoms with Gasteiger partial charge in [-0.3, -0.25) is 9.59 Å². The average molecular weight is 334 g/mol. The smallest absolute Gasteiger partial charge is 0.422 e. The first-order valence-corrected chi connectivity index (χ1v) is 7.44. The van der Waals surface area contributed by atoms with Crippen LogP contribution in [0.3, 0.4) is 0 Å². The Morgan fingerprint density at radius 1 is 1.36 bits per heavy atom. The predicted octanol–water partition coefficient (Wildman–Crippen LogP) is 2.10. The predicted molar refractivity (Wildman–Crippen MR) is 75.7 cm³/mol. The maximum atomic E-state index is 12.2. The van der Waals surface area contributed by atoms with E-state index < -0.39 is 18.7 Å². The lowest BCUT2D eigenvalue weighted by atomic mass is 10.3. The van der Waals surface area contributed by atoms with E-state index in [0.717, 1.165) is 0 Å². The third kappa shape index (κ3) is 4.83. The molecule has 1 heterocycles. The molecule has 0 aromatic heterocycles. The molecule has 1 aromatic rings. The molecule has 1 saturated heterocycles. The molecule has 1 aromatic carbocycles. The standard InChI is InChI=1S/C13H13F3N2O3S/c14-13(15,16)7-21-10-4-2-1-3-9(10)17-11(19)5-18-8-22-6-12(18)20/h1-4H,5-8H2,(H,17,19). The molecule has 2 amide bonds. The number of hydrogen-bond acceptors (Lipinski definition) is 4. The molecule has 5 nitrogen and oxygen atoms in total.